The number of hydrogen-bond acceptors (Lipinski definition) is 7. The van der Waals surface area contributed by atoms with Crippen molar-refractivity contribution in [2.24, 2.45) is 0 Å². The van der Waals surface area contributed by atoms with Crippen LogP contribution in [0.25, 0.3) is 16.9 Å². The van der Waals surface area contributed by atoms with Crippen LogP contribution in [0.4, 0.5) is 8.78 Å². The largest absolute Gasteiger partial charge is 0.496 e. The Kier molecular flexibility index (Phi) is 7.01. The summed E-state index contributed by atoms with van der Waals surface area (Å²) in [5, 5.41) is 39.7. The molecule has 1 aromatic carbocycles. The number of ether oxygens (including phenoxy) is 1. The molecule has 0 saturated carbocycles. The fourth-order valence-corrected chi connectivity index (χ4v) is 4.20. The molecule has 0 aliphatic carbocycles. The molecule has 0 amide bonds. The van der Waals surface area contributed by atoms with Gasteiger partial charge in [-0.05, 0) is 30.7 Å². The number of methoxy groups -OCH3 is 1. The van der Waals surface area contributed by atoms with Gasteiger partial charge in [0.25, 0.3) is 5.92 Å². The maximum absolute atomic E-state index is 13.7. The molecule has 0 radical (unpaired) electrons. The van der Waals surface area contributed by atoms with Crippen molar-refractivity contribution < 1.29 is 23.7 Å². The minimum absolute atomic E-state index is 0.353. The van der Waals surface area contributed by atoms with Crippen LogP contribution in [-0.4, -0.2) is 53.7 Å². The number of nitriles is 1. The molecule has 11 heteroatoms. The fraction of sp³-hybridized carbons (Fsp3) is 0.360. The van der Waals surface area contributed by atoms with Crippen LogP contribution < -0.4 is 4.74 Å². The Labute approximate surface area is 206 Å². The zero-order valence-electron chi connectivity index (χ0n) is 20.0. The average molecular weight is 497 g/mol. The van der Waals surface area contributed by atoms with Gasteiger partial charge in [-0.3, -0.25) is 4.68 Å². The summed E-state index contributed by atoms with van der Waals surface area (Å²) in [5.41, 5.74) is 2.70. The standard InChI is InChI=1S/C25H26F2N6O3/c1-4-16(23(35)18-12-30-33-9-5-8-29-24(18)33)19-13-32(14-21(34)25(2,26)27)31-22(19)17-10-15(11-28)6-7-20(17)36-3/h5-10,12-13,16,21,23,34-35H,4,14H2,1-3H3. The Morgan fingerprint density at radius 1 is 1.25 bits per heavy atom. The molecule has 4 rings (SSSR count). The quantitative estimate of drug-likeness (QED) is 0.362. The van der Waals surface area contributed by atoms with Crippen LogP contribution in [0.1, 0.15) is 49.0 Å². The summed E-state index contributed by atoms with van der Waals surface area (Å²) in [6, 6.07) is 8.61. The van der Waals surface area contributed by atoms with Gasteiger partial charge < -0.3 is 14.9 Å². The number of aliphatic hydroxyl groups is 2. The Bertz CT molecular complexity index is 1410. The van der Waals surface area contributed by atoms with Gasteiger partial charge in [0.05, 0.1) is 43.3 Å². The van der Waals surface area contributed by atoms with E-state index in [4.69, 9.17) is 4.74 Å². The van der Waals surface area contributed by atoms with Crippen LogP contribution in [0.2, 0.25) is 0 Å². The van der Waals surface area contributed by atoms with E-state index in [1.54, 1.807) is 47.4 Å². The number of aliphatic hydroxyl groups excluding tert-OH is 2. The van der Waals surface area contributed by atoms with Crippen LogP contribution in [0, 0.1) is 11.3 Å². The molecular formula is C25H26F2N6O3. The van der Waals surface area contributed by atoms with Crippen LogP contribution in [0.5, 0.6) is 5.75 Å². The molecule has 3 atom stereocenters. The zero-order chi connectivity index (χ0) is 26.0. The Balaban J connectivity index is 1.86. The molecule has 0 saturated heterocycles. The molecule has 0 fully saturated rings. The third kappa shape index (κ3) is 4.78. The minimum atomic E-state index is -3.34. The molecule has 188 valence electrons. The number of aromatic nitrogens is 5. The second-order valence-corrected chi connectivity index (χ2v) is 8.60. The summed E-state index contributed by atoms with van der Waals surface area (Å²) in [4.78, 5) is 4.32. The fourth-order valence-electron chi connectivity index (χ4n) is 4.20. The number of halogens is 2. The number of hydrogen-bond donors (Lipinski definition) is 2. The van der Waals surface area contributed by atoms with E-state index in [1.807, 2.05) is 6.92 Å². The summed E-state index contributed by atoms with van der Waals surface area (Å²) < 4.78 is 35.7. The smallest absolute Gasteiger partial charge is 0.272 e. The highest BCUT2D eigenvalue weighted by Crippen LogP contribution is 2.42. The van der Waals surface area contributed by atoms with Crippen LogP contribution >= 0.6 is 0 Å². The van der Waals surface area contributed by atoms with Gasteiger partial charge in [-0.2, -0.15) is 15.5 Å². The average Bonchev–Trinajstić information content (AvgIpc) is 3.48. The van der Waals surface area contributed by atoms with Gasteiger partial charge in [-0.25, -0.2) is 18.3 Å². The normalized spacial score (nSPS) is 14.4. The summed E-state index contributed by atoms with van der Waals surface area (Å²) >= 11 is 0. The SMILES string of the molecule is CCC(c1cn(CC(O)C(C)(F)F)nc1-c1cc(C#N)ccc1OC)C(O)c1cnn2cccnc12. The van der Waals surface area contributed by atoms with Gasteiger partial charge in [0.15, 0.2) is 5.65 Å². The van der Waals surface area contributed by atoms with Gasteiger partial charge in [-0.15, -0.1) is 0 Å². The van der Waals surface area contributed by atoms with Crippen molar-refractivity contribution in [2.45, 2.75) is 50.9 Å². The highest BCUT2D eigenvalue weighted by molar-refractivity contribution is 5.72. The molecule has 3 unspecified atom stereocenters. The van der Waals surface area contributed by atoms with Crippen molar-refractivity contribution in [3.8, 4) is 23.1 Å². The highest BCUT2D eigenvalue weighted by atomic mass is 19.3. The lowest BCUT2D eigenvalue weighted by Gasteiger charge is -2.21. The third-order valence-electron chi connectivity index (χ3n) is 6.16. The molecular weight excluding hydrogens is 470 g/mol. The molecule has 0 spiro atoms. The molecule has 0 aliphatic rings. The van der Waals surface area contributed by atoms with Gasteiger partial charge in [0.2, 0.25) is 0 Å². The summed E-state index contributed by atoms with van der Waals surface area (Å²) in [6.45, 7) is 2.05. The number of alkyl halides is 2. The Morgan fingerprint density at radius 2 is 2.03 bits per heavy atom. The predicted octanol–water partition coefficient (Wildman–Crippen LogP) is 3.72. The lowest BCUT2D eigenvalue weighted by atomic mass is 9.86. The van der Waals surface area contributed by atoms with Gasteiger partial charge in [0, 0.05) is 48.1 Å². The van der Waals surface area contributed by atoms with Crippen molar-refractivity contribution in [2.75, 3.05) is 7.11 Å². The maximum atomic E-state index is 13.7. The summed E-state index contributed by atoms with van der Waals surface area (Å²) in [5.74, 6) is -3.46. The first-order valence-corrected chi connectivity index (χ1v) is 11.4. The van der Waals surface area contributed by atoms with E-state index in [1.165, 1.54) is 18.0 Å². The second kappa shape index (κ2) is 10.0. The first-order chi connectivity index (χ1) is 17.2. The van der Waals surface area contributed by atoms with Crippen LogP contribution in [0.3, 0.4) is 0 Å². The van der Waals surface area contributed by atoms with Gasteiger partial charge >= 0.3 is 0 Å². The number of nitrogens with zero attached hydrogens (tertiary/aromatic N) is 6. The van der Waals surface area contributed by atoms with Crippen LogP contribution in [0.15, 0.2) is 49.1 Å². The third-order valence-corrected chi connectivity index (χ3v) is 6.16. The van der Waals surface area contributed by atoms with Crippen LogP contribution in [-0.2, 0) is 6.54 Å². The molecule has 2 N–H and O–H groups in total. The highest BCUT2D eigenvalue weighted by Gasteiger charge is 2.34. The van der Waals surface area contributed by atoms with Gasteiger partial charge in [0.1, 0.15) is 11.9 Å². The lowest BCUT2D eigenvalue weighted by molar-refractivity contribution is -0.100. The molecule has 4 aromatic rings. The monoisotopic (exact) mass is 496 g/mol. The van der Waals surface area contributed by atoms with E-state index in [0.717, 1.165) is 0 Å². The molecule has 3 heterocycles. The molecule has 0 aliphatic heterocycles. The summed E-state index contributed by atoms with van der Waals surface area (Å²) in [6.07, 6.45) is 3.82. The van der Waals surface area contributed by atoms with E-state index in [0.29, 0.717) is 52.7 Å². The maximum Gasteiger partial charge on any atom is 0.272 e. The summed E-state index contributed by atoms with van der Waals surface area (Å²) in [7, 11) is 1.47. The zero-order valence-corrected chi connectivity index (χ0v) is 20.0. The predicted molar refractivity (Wildman–Crippen MR) is 127 cm³/mol. The molecule has 9 nitrogen and oxygen atoms in total. The first kappa shape index (κ1) is 25.2. The van der Waals surface area contributed by atoms with Crippen molar-refractivity contribution in [1.82, 2.24) is 24.4 Å². The minimum Gasteiger partial charge on any atom is -0.496 e. The van der Waals surface area contributed by atoms with E-state index >= 15 is 0 Å². The number of fused-ring (bicyclic) bond motifs is 1. The Morgan fingerprint density at radius 3 is 2.69 bits per heavy atom. The van der Waals surface area contributed by atoms with Crippen molar-refractivity contribution in [3.05, 3.63) is 65.7 Å². The van der Waals surface area contributed by atoms with E-state index in [-0.39, 0.29) is 0 Å². The number of rotatable bonds is 9. The first-order valence-electron chi connectivity index (χ1n) is 11.4. The van der Waals surface area contributed by atoms with E-state index in [2.05, 4.69) is 21.3 Å². The van der Waals surface area contributed by atoms with Crippen molar-refractivity contribution >= 4 is 5.65 Å². The van der Waals surface area contributed by atoms with Crippen molar-refractivity contribution in [1.29, 1.82) is 5.26 Å². The van der Waals surface area contributed by atoms with E-state index in [9.17, 15) is 24.3 Å². The van der Waals surface area contributed by atoms with Gasteiger partial charge in [-0.1, -0.05) is 6.92 Å². The second-order valence-electron chi connectivity index (χ2n) is 8.60. The molecule has 0 bridgehead atoms. The number of benzene rings is 1. The van der Waals surface area contributed by atoms with Crippen molar-refractivity contribution in [3.63, 3.8) is 0 Å². The Hall–Kier alpha value is -3.88. The topological polar surface area (TPSA) is 121 Å². The lowest BCUT2D eigenvalue weighted by Crippen LogP contribution is -2.34. The molecule has 3 aromatic heterocycles. The molecule has 36 heavy (non-hydrogen) atoms. The van der Waals surface area contributed by atoms with E-state index < -0.39 is 30.6 Å².